The first-order chi connectivity index (χ1) is 15.1. The summed E-state index contributed by atoms with van der Waals surface area (Å²) < 4.78 is 5.08. The third kappa shape index (κ3) is 5.38. The molecule has 1 aromatic carbocycles. The van der Waals surface area contributed by atoms with Crippen molar-refractivity contribution < 1.29 is 9.53 Å². The molecule has 0 bridgehead atoms. The number of hydrogen-bond acceptors (Lipinski definition) is 6. The highest BCUT2D eigenvalue weighted by Crippen LogP contribution is 2.26. The number of ether oxygens (including phenoxy) is 1. The van der Waals surface area contributed by atoms with Crippen molar-refractivity contribution in [2.45, 2.75) is 52.0 Å². The van der Waals surface area contributed by atoms with Gasteiger partial charge in [0, 0.05) is 11.1 Å². The SMILES string of the molecule is CCOC(=O)c1cnc(NC(=NC2CCCCC2)Nc2cc(C)nc3ccccc23)s1. The molecular weight excluding hydrogens is 410 g/mol. The van der Waals surface area contributed by atoms with E-state index in [0.29, 0.717) is 22.6 Å². The van der Waals surface area contributed by atoms with Crippen LogP contribution in [-0.2, 0) is 4.74 Å². The number of guanidine groups is 1. The molecule has 0 saturated heterocycles. The quantitative estimate of drug-likeness (QED) is 0.316. The standard InChI is InChI=1S/C23H27N5O2S/c1-3-30-21(29)20-14-24-23(31-20)28-22(26-16-9-5-4-6-10-16)27-19-13-15(2)25-18-12-8-7-11-17(18)19/h7-8,11-14,16H,3-6,9-10H2,1-2H3,(H2,24,25,26,27,28). The molecule has 0 atom stereocenters. The average molecular weight is 438 g/mol. The van der Waals surface area contributed by atoms with Gasteiger partial charge in [-0.15, -0.1) is 0 Å². The Kier molecular flexibility index (Phi) is 6.76. The number of anilines is 2. The lowest BCUT2D eigenvalue weighted by molar-refractivity contribution is 0.0532. The molecule has 2 aromatic heterocycles. The van der Waals surface area contributed by atoms with Crippen molar-refractivity contribution in [2.75, 3.05) is 17.2 Å². The molecule has 0 radical (unpaired) electrons. The van der Waals surface area contributed by atoms with Gasteiger partial charge in [-0.1, -0.05) is 48.8 Å². The Morgan fingerprint density at radius 1 is 1.23 bits per heavy atom. The summed E-state index contributed by atoms with van der Waals surface area (Å²) in [5.74, 6) is 0.273. The van der Waals surface area contributed by atoms with Gasteiger partial charge < -0.3 is 15.4 Å². The van der Waals surface area contributed by atoms with E-state index in [9.17, 15) is 4.79 Å². The van der Waals surface area contributed by atoms with Gasteiger partial charge in [0.15, 0.2) is 5.13 Å². The molecule has 7 nitrogen and oxygen atoms in total. The Balaban J connectivity index is 1.63. The van der Waals surface area contributed by atoms with Crippen LogP contribution in [0.4, 0.5) is 10.8 Å². The van der Waals surface area contributed by atoms with Gasteiger partial charge in [0.1, 0.15) is 4.88 Å². The van der Waals surface area contributed by atoms with Crippen LogP contribution in [0.2, 0.25) is 0 Å². The van der Waals surface area contributed by atoms with Gasteiger partial charge in [-0.2, -0.15) is 0 Å². The number of rotatable bonds is 5. The van der Waals surface area contributed by atoms with Crippen molar-refractivity contribution in [2.24, 2.45) is 4.99 Å². The van der Waals surface area contributed by atoms with Crippen LogP contribution in [0.25, 0.3) is 10.9 Å². The fourth-order valence-electron chi connectivity index (χ4n) is 3.76. The Morgan fingerprint density at radius 3 is 2.84 bits per heavy atom. The molecule has 1 aliphatic rings. The van der Waals surface area contributed by atoms with Crippen LogP contribution in [0, 0.1) is 6.92 Å². The highest BCUT2D eigenvalue weighted by molar-refractivity contribution is 7.17. The van der Waals surface area contributed by atoms with Crippen LogP contribution in [0.3, 0.4) is 0 Å². The number of nitrogens with one attached hydrogen (secondary N) is 2. The van der Waals surface area contributed by atoms with Crippen molar-refractivity contribution >= 4 is 45.0 Å². The summed E-state index contributed by atoms with van der Waals surface area (Å²) in [6, 6.07) is 10.3. The van der Waals surface area contributed by atoms with Crippen LogP contribution in [0.5, 0.6) is 0 Å². The Hall–Kier alpha value is -3.00. The molecule has 1 saturated carbocycles. The van der Waals surface area contributed by atoms with E-state index in [-0.39, 0.29) is 12.0 Å². The van der Waals surface area contributed by atoms with Gasteiger partial charge in [-0.05, 0) is 38.8 Å². The first kappa shape index (κ1) is 21.2. The summed E-state index contributed by atoms with van der Waals surface area (Å²) in [7, 11) is 0. The second-order valence-electron chi connectivity index (χ2n) is 7.60. The molecule has 1 aliphatic carbocycles. The molecule has 3 aromatic rings. The molecule has 162 valence electrons. The minimum absolute atomic E-state index is 0.266. The highest BCUT2D eigenvalue weighted by Gasteiger charge is 2.17. The minimum Gasteiger partial charge on any atom is -0.462 e. The number of aromatic nitrogens is 2. The third-order valence-electron chi connectivity index (χ3n) is 5.19. The molecule has 4 rings (SSSR count). The summed E-state index contributed by atoms with van der Waals surface area (Å²) in [5.41, 5.74) is 2.80. The number of nitrogens with zero attached hydrogens (tertiary/aromatic N) is 3. The number of thiazole rings is 1. The van der Waals surface area contributed by atoms with Gasteiger partial charge in [0.25, 0.3) is 0 Å². The van der Waals surface area contributed by atoms with Crippen molar-refractivity contribution in [3.63, 3.8) is 0 Å². The zero-order valence-corrected chi connectivity index (χ0v) is 18.7. The van der Waals surface area contributed by atoms with Gasteiger partial charge in [0.2, 0.25) is 5.96 Å². The molecule has 0 aliphatic heterocycles. The molecule has 0 unspecified atom stereocenters. The lowest BCUT2D eigenvalue weighted by atomic mass is 9.96. The maximum absolute atomic E-state index is 12.0. The Labute approximate surface area is 186 Å². The number of esters is 1. The third-order valence-corrected chi connectivity index (χ3v) is 6.08. The number of para-hydroxylation sites is 1. The first-order valence-electron chi connectivity index (χ1n) is 10.7. The number of aliphatic imine (C=N–C) groups is 1. The molecule has 0 spiro atoms. The zero-order chi connectivity index (χ0) is 21.6. The normalized spacial score (nSPS) is 15.1. The molecule has 2 heterocycles. The molecule has 31 heavy (non-hydrogen) atoms. The van der Waals surface area contributed by atoms with Crippen molar-refractivity contribution in [3.05, 3.63) is 47.1 Å². The largest absolute Gasteiger partial charge is 0.462 e. The van der Waals surface area contributed by atoms with E-state index in [0.717, 1.165) is 35.1 Å². The molecule has 2 N–H and O–H groups in total. The first-order valence-corrected chi connectivity index (χ1v) is 11.5. The number of carbonyl (C=O) groups excluding carboxylic acids is 1. The molecule has 1 fully saturated rings. The van der Waals surface area contributed by atoms with Crippen LogP contribution in [-0.4, -0.2) is 34.5 Å². The second kappa shape index (κ2) is 9.87. The topological polar surface area (TPSA) is 88.5 Å². The Morgan fingerprint density at radius 2 is 2.03 bits per heavy atom. The van der Waals surface area contributed by atoms with E-state index in [1.54, 1.807) is 6.92 Å². The van der Waals surface area contributed by atoms with Gasteiger partial charge in [-0.3, -0.25) is 4.98 Å². The van der Waals surface area contributed by atoms with Crippen molar-refractivity contribution in [1.82, 2.24) is 9.97 Å². The van der Waals surface area contributed by atoms with Crippen LogP contribution in [0.15, 0.2) is 41.5 Å². The van der Waals surface area contributed by atoms with E-state index >= 15 is 0 Å². The highest BCUT2D eigenvalue weighted by atomic mass is 32.1. The number of carbonyl (C=O) groups is 1. The second-order valence-corrected chi connectivity index (χ2v) is 8.63. The predicted octanol–water partition coefficient (Wildman–Crippen LogP) is 5.39. The summed E-state index contributed by atoms with van der Waals surface area (Å²) in [6.07, 6.45) is 7.36. The van der Waals surface area contributed by atoms with Gasteiger partial charge >= 0.3 is 5.97 Å². The van der Waals surface area contributed by atoms with Gasteiger partial charge in [-0.25, -0.2) is 14.8 Å². The van der Waals surface area contributed by atoms with Crippen LogP contribution < -0.4 is 10.6 Å². The number of aryl methyl sites for hydroxylation is 1. The number of fused-ring (bicyclic) bond motifs is 1. The fraction of sp³-hybridized carbons (Fsp3) is 0.391. The lowest BCUT2D eigenvalue weighted by Gasteiger charge is -2.20. The van der Waals surface area contributed by atoms with E-state index in [4.69, 9.17) is 9.73 Å². The minimum atomic E-state index is -0.359. The van der Waals surface area contributed by atoms with E-state index in [1.165, 1.54) is 36.8 Å². The predicted molar refractivity (Wildman–Crippen MR) is 126 cm³/mol. The maximum Gasteiger partial charge on any atom is 0.350 e. The van der Waals surface area contributed by atoms with E-state index in [1.807, 2.05) is 37.3 Å². The monoisotopic (exact) mass is 437 g/mol. The number of pyridine rings is 1. The molecule has 8 heteroatoms. The fourth-order valence-corrected chi connectivity index (χ4v) is 4.47. The molecular formula is C23H27N5O2S. The smallest absolute Gasteiger partial charge is 0.350 e. The summed E-state index contributed by atoms with van der Waals surface area (Å²) in [6.45, 7) is 4.11. The molecule has 0 amide bonds. The van der Waals surface area contributed by atoms with E-state index < -0.39 is 0 Å². The summed E-state index contributed by atoms with van der Waals surface area (Å²) in [4.78, 5) is 26.4. The van der Waals surface area contributed by atoms with Crippen LogP contribution in [0.1, 0.15) is 54.4 Å². The van der Waals surface area contributed by atoms with E-state index in [2.05, 4.69) is 20.6 Å². The summed E-state index contributed by atoms with van der Waals surface area (Å²) in [5, 5.41) is 8.39. The van der Waals surface area contributed by atoms with Gasteiger partial charge in [0.05, 0.1) is 30.0 Å². The zero-order valence-electron chi connectivity index (χ0n) is 17.9. The number of benzene rings is 1. The Bertz CT molecular complexity index is 1090. The number of hydrogen-bond donors (Lipinski definition) is 2. The van der Waals surface area contributed by atoms with Crippen LogP contribution >= 0.6 is 11.3 Å². The van der Waals surface area contributed by atoms with Crippen molar-refractivity contribution in [3.8, 4) is 0 Å². The lowest BCUT2D eigenvalue weighted by Crippen LogP contribution is -2.25. The van der Waals surface area contributed by atoms with Crippen molar-refractivity contribution in [1.29, 1.82) is 0 Å². The average Bonchev–Trinajstić information content (AvgIpc) is 3.23. The maximum atomic E-state index is 12.0. The summed E-state index contributed by atoms with van der Waals surface area (Å²) >= 11 is 1.26.